The molecule has 0 amide bonds. The molecule has 6 heteroatoms. The SMILES string of the molecule is NCC1CCN(S(=O)(=O)NC(C2CC2)C2CC2)CC1. The van der Waals surface area contributed by atoms with Crippen LogP contribution in [-0.4, -0.2) is 38.4 Å². The van der Waals surface area contributed by atoms with E-state index in [0.29, 0.717) is 37.4 Å². The van der Waals surface area contributed by atoms with Gasteiger partial charge in [0.05, 0.1) is 0 Å². The molecule has 2 aliphatic carbocycles. The molecule has 3 N–H and O–H groups in total. The number of hydrogen-bond acceptors (Lipinski definition) is 3. The van der Waals surface area contributed by atoms with Crippen molar-refractivity contribution in [2.24, 2.45) is 23.5 Å². The highest BCUT2D eigenvalue weighted by Crippen LogP contribution is 2.44. The molecule has 5 nitrogen and oxygen atoms in total. The van der Waals surface area contributed by atoms with Gasteiger partial charge in [-0.05, 0) is 62.8 Å². The van der Waals surface area contributed by atoms with Crippen LogP contribution in [0.2, 0.25) is 0 Å². The second-order valence-electron chi connectivity index (χ2n) is 6.40. The summed E-state index contributed by atoms with van der Waals surface area (Å²) in [5.41, 5.74) is 5.65. The minimum atomic E-state index is -3.28. The van der Waals surface area contributed by atoms with Crippen LogP contribution < -0.4 is 10.5 Å². The van der Waals surface area contributed by atoms with Gasteiger partial charge in [0.1, 0.15) is 0 Å². The molecule has 1 aliphatic heterocycles. The maximum Gasteiger partial charge on any atom is 0.279 e. The fraction of sp³-hybridized carbons (Fsp3) is 1.00. The highest BCUT2D eigenvalue weighted by Gasteiger charge is 2.44. The summed E-state index contributed by atoms with van der Waals surface area (Å²) in [4.78, 5) is 0. The van der Waals surface area contributed by atoms with Gasteiger partial charge in [-0.1, -0.05) is 0 Å². The summed E-state index contributed by atoms with van der Waals surface area (Å²) < 4.78 is 29.5. The van der Waals surface area contributed by atoms with E-state index >= 15 is 0 Å². The van der Waals surface area contributed by atoms with Crippen LogP contribution in [-0.2, 0) is 10.2 Å². The van der Waals surface area contributed by atoms with Crippen molar-refractivity contribution in [3.8, 4) is 0 Å². The minimum absolute atomic E-state index is 0.206. The van der Waals surface area contributed by atoms with Crippen molar-refractivity contribution in [1.29, 1.82) is 0 Å². The molecule has 0 atom stereocenters. The molecule has 0 unspecified atom stereocenters. The molecule has 19 heavy (non-hydrogen) atoms. The van der Waals surface area contributed by atoms with E-state index < -0.39 is 10.2 Å². The van der Waals surface area contributed by atoms with Crippen LogP contribution in [0.5, 0.6) is 0 Å². The zero-order chi connectivity index (χ0) is 13.5. The quantitative estimate of drug-likeness (QED) is 0.754. The number of nitrogens with two attached hydrogens (primary N) is 1. The Bertz CT molecular complexity index is 398. The van der Waals surface area contributed by atoms with E-state index in [9.17, 15) is 8.42 Å². The van der Waals surface area contributed by atoms with Crippen molar-refractivity contribution in [2.75, 3.05) is 19.6 Å². The number of rotatable bonds is 6. The predicted molar refractivity (Wildman–Crippen MR) is 74.6 cm³/mol. The maximum absolute atomic E-state index is 12.4. The van der Waals surface area contributed by atoms with Crippen molar-refractivity contribution in [3.63, 3.8) is 0 Å². The van der Waals surface area contributed by atoms with E-state index in [1.54, 1.807) is 4.31 Å². The average molecular weight is 287 g/mol. The third-order valence-corrected chi connectivity index (χ3v) is 6.41. The first kappa shape index (κ1) is 13.8. The third kappa shape index (κ3) is 3.29. The Labute approximate surface area is 116 Å². The molecular weight excluding hydrogens is 262 g/mol. The van der Waals surface area contributed by atoms with Gasteiger partial charge in [-0.3, -0.25) is 0 Å². The van der Waals surface area contributed by atoms with Gasteiger partial charge >= 0.3 is 0 Å². The summed E-state index contributed by atoms with van der Waals surface area (Å²) in [5, 5.41) is 0. The Hall–Kier alpha value is -0.170. The minimum Gasteiger partial charge on any atom is -0.330 e. The Balaban J connectivity index is 1.59. The predicted octanol–water partition coefficient (Wildman–Crippen LogP) is 0.680. The van der Waals surface area contributed by atoms with E-state index in [4.69, 9.17) is 5.73 Å². The lowest BCUT2D eigenvalue weighted by Gasteiger charge is -2.32. The van der Waals surface area contributed by atoms with E-state index in [-0.39, 0.29) is 6.04 Å². The summed E-state index contributed by atoms with van der Waals surface area (Å²) >= 11 is 0. The molecule has 1 saturated heterocycles. The van der Waals surface area contributed by atoms with Gasteiger partial charge in [-0.25, -0.2) is 0 Å². The van der Waals surface area contributed by atoms with E-state index in [2.05, 4.69) is 4.72 Å². The normalized spacial score (nSPS) is 27.1. The van der Waals surface area contributed by atoms with Crippen LogP contribution in [0.15, 0.2) is 0 Å². The molecule has 0 radical (unpaired) electrons. The first-order chi connectivity index (χ1) is 9.10. The largest absolute Gasteiger partial charge is 0.330 e. The number of nitrogens with zero attached hydrogens (tertiary/aromatic N) is 1. The maximum atomic E-state index is 12.4. The molecular formula is C13H25N3O2S. The molecule has 3 rings (SSSR count). The first-order valence-electron chi connectivity index (χ1n) is 7.57. The molecule has 0 aromatic carbocycles. The lowest BCUT2D eigenvalue weighted by Crippen LogP contribution is -2.50. The van der Waals surface area contributed by atoms with Gasteiger partial charge in [-0.2, -0.15) is 17.4 Å². The second-order valence-corrected chi connectivity index (χ2v) is 8.10. The number of nitrogens with one attached hydrogen (secondary N) is 1. The van der Waals surface area contributed by atoms with Gasteiger partial charge in [0.25, 0.3) is 10.2 Å². The van der Waals surface area contributed by atoms with Crippen LogP contribution >= 0.6 is 0 Å². The van der Waals surface area contributed by atoms with Crippen molar-refractivity contribution >= 4 is 10.2 Å². The van der Waals surface area contributed by atoms with Crippen LogP contribution in [0.3, 0.4) is 0 Å². The number of hydrogen-bond donors (Lipinski definition) is 2. The zero-order valence-corrected chi connectivity index (χ0v) is 12.2. The standard InChI is InChI=1S/C13H25N3O2S/c14-9-10-5-7-16(8-6-10)19(17,18)15-13(11-1-2-11)12-3-4-12/h10-13,15H,1-9,14H2. The topological polar surface area (TPSA) is 75.4 Å². The summed E-state index contributed by atoms with van der Waals surface area (Å²) in [6, 6.07) is 0.206. The van der Waals surface area contributed by atoms with Crippen LogP contribution in [0.25, 0.3) is 0 Å². The van der Waals surface area contributed by atoms with Crippen LogP contribution in [0.4, 0.5) is 0 Å². The Morgan fingerprint density at radius 1 is 1.05 bits per heavy atom. The van der Waals surface area contributed by atoms with Crippen molar-refractivity contribution in [3.05, 3.63) is 0 Å². The zero-order valence-electron chi connectivity index (χ0n) is 11.4. The molecule has 2 saturated carbocycles. The lowest BCUT2D eigenvalue weighted by molar-refractivity contribution is 0.272. The Morgan fingerprint density at radius 3 is 2.00 bits per heavy atom. The molecule has 3 aliphatic rings. The second kappa shape index (κ2) is 5.31. The van der Waals surface area contributed by atoms with Crippen LogP contribution in [0.1, 0.15) is 38.5 Å². The highest BCUT2D eigenvalue weighted by atomic mass is 32.2. The third-order valence-electron chi connectivity index (χ3n) is 4.79. The summed E-state index contributed by atoms with van der Waals surface area (Å²) in [7, 11) is -3.28. The molecule has 0 spiro atoms. The smallest absolute Gasteiger partial charge is 0.279 e. The van der Waals surface area contributed by atoms with E-state index in [0.717, 1.165) is 12.8 Å². The first-order valence-corrected chi connectivity index (χ1v) is 9.01. The molecule has 0 aromatic heterocycles. The van der Waals surface area contributed by atoms with Gasteiger partial charge < -0.3 is 5.73 Å². The lowest BCUT2D eigenvalue weighted by atomic mass is 9.99. The molecule has 110 valence electrons. The summed E-state index contributed by atoms with van der Waals surface area (Å²) in [5.74, 6) is 1.70. The average Bonchev–Trinajstić information content (AvgIpc) is 3.29. The molecule has 3 fully saturated rings. The molecule has 0 aromatic rings. The fourth-order valence-electron chi connectivity index (χ4n) is 3.12. The Morgan fingerprint density at radius 2 is 1.58 bits per heavy atom. The summed E-state index contributed by atoms with van der Waals surface area (Å²) in [6.07, 6.45) is 6.57. The van der Waals surface area contributed by atoms with Crippen molar-refractivity contribution < 1.29 is 8.42 Å². The van der Waals surface area contributed by atoms with Crippen molar-refractivity contribution in [2.45, 2.75) is 44.6 Å². The highest BCUT2D eigenvalue weighted by molar-refractivity contribution is 7.87. The summed E-state index contributed by atoms with van der Waals surface area (Å²) in [6.45, 7) is 1.92. The van der Waals surface area contributed by atoms with Gasteiger partial charge in [0.2, 0.25) is 0 Å². The van der Waals surface area contributed by atoms with E-state index in [1.165, 1.54) is 25.7 Å². The van der Waals surface area contributed by atoms with Gasteiger partial charge in [0.15, 0.2) is 0 Å². The molecule has 0 bridgehead atoms. The monoisotopic (exact) mass is 287 g/mol. The van der Waals surface area contributed by atoms with E-state index in [1.807, 2.05) is 0 Å². The van der Waals surface area contributed by atoms with Crippen molar-refractivity contribution in [1.82, 2.24) is 9.03 Å². The van der Waals surface area contributed by atoms with Gasteiger partial charge in [-0.15, -0.1) is 0 Å². The fourth-order valence-corrected chi connectivity index (χ4v) is 4.69. The van der Waals surface area contributed by atoms with Crippen LogP contribution in [0, 0.1) is 17.8 Å². The Kier molecular flexibility index (Phi) is 3.86. The number of piperidine rings is 1. The van der Waals surface area contributed by atoms with Gasteiger partial charge in [0, 0.05) is 19.1 Å². The molecule has 1 heterocycles.